The van der Waals surface area contributed by atoms with Crippen molar-refractivity contribution < 1.29 is 9.90 Å². The molecule has 0 aliphatic carbocycles. The average molecular weight is 202 g/mol. The molecule has 2 nitrogen and oxygen atoms in total. The molecule has 1 N–H and O–H groups in total. The van der Waals surface area contributed by atoms with Crippen LogP contribution in [0.2, 0.25) is 0 Å². The lowest BCUT2D eigenvalue weighted by molar-refractivity contribution is -0.130. The maximum atomic E-state index is 10.2. The summed E-state index contributed by atoms with van der Waals surface area (Å²) >= 11 is 0. The zero-order valence-corrected chi connectivity index (χ0v) is 8.95. The van der Waals surface area contributed by atoms with Crippen molar-refractivity contribution in [2.45, 2.75) is 26.2 Å². The minimum atomic E-state index is -1.10. The monoisotopic (exact) mass is 202 g/mol. The SMILES string of the molecule is CCC(C)c1ccc(C#CC(=O)O)cc1. The van der Waals surface area contributed by atoms with Gasteiger partial charge in [-0.2, -0.15) is 0 Å². The van der Waals surface area contributed by atoms with Crippen LogP contribution in [0.25, 0.3) is 0 Å². The van der Waals surface area contributed by atoms with Crippen LogP contribution < -0.4 is 0 Å². The van der Waals surface area contributed by atoms with Crippen LogP contribution >= 0.6 is 0 Å². The fourth-order valence-corrected chi connectivity index (χ4v) is 1.26. The minimum absolute atomic E-state index is 0.534. The van der Waals surface area contributed by atoms with E-state index in [1.54, 1.807) is 0 Å². The highest BCUT2D eigenvalue weighted by molar-refractivity contribution is 5.87. The summed E-state index contributed by atoms with van der Waals surface area (Å²) in [6, 6.07) is 7.72. The van der Waals surface area contributed by atoms with E-state index in [-0.39, 0.29) is 0 Å². The van der Waals surface area contributed by atoms with Crippen molar-refractivity contribution in [1.82, 2.24) is 0 Å². The molecule has 0 bridgehead atoms. The molecule has 0 amide bonds. The van der Waals surface area contributed by atoms with Gasteiger partial charge in [-0.1, -0.05) is 31.9 Å². The smallest absolute Gasteiger partial charge is 0.382 e. The van der Waals surface area contributed by atoms with Crippen LogP contribution in [0.4, 0.5) is 0 Å². The highest BCUT2D eigenvalue weighted by Gasteiger charge is 2.01. The molecule has 78 valence electrons. The number of aliphatic carboxylic acids is 1. The molecule has 0 saturated heterocycles. The van der Waals surface area contributed by atoms with Crippen LogP contribution in [0.5, 0.6) is 0 Å². The summed E-state index contributed by atoms with van der Waals surface area (Å²) in [5.74, 6) is 4.11. The molecule has 0 aliphatic rings. The van der Waals surface area contributed by atoms with Gasteiger partial charge in [-0.15, -0.1) is 0 Å². The van der Waals surface area contributed by atoms with Crippen LogP contribution in [0.15, 0.2) is 24.3 Å². The van der Waals surface area contributed by atoms with E-state index in [0.29, 0.717) is 5.92 Å². The molecule has 1 unspecified atom stereocenters. The zero-order valence-electron chi connectivity index (χ0n) is 8.95. The predicted molar refractivity (Wildman–Crippen MR) is 59.7 cm³/mol. The molecule has 0 aliphatic heterocycles. The highest BCUT2D eigenvalue weighted by atomic mass is 16.4. The second-order valence-corrected chi connectivity index (χ2v) is 3.49. The highest BCUT2D eigenvalue weighted by Crippen LogP contribution is 2.18. The second kappa shape index (κ2) is 5.21. The summed E-state index contributed by atoms with van der Waals surface area (Å²) in [4.78, 5) is 10.2. The van der Waals surface area contributed by atoms with Gasteiger partial charge < -0.3 is 5.11 Å². The molecule has 0 heterocycles. The summed E-state index contributed by atoms with van der Waals surface area (Å²) in [5, 5.41) is 8.38. The van der Waals surface area contributed by atoms with Crippen LogP contribution in [-0.4, -0.2) is 11.1 Å². The average Bonchev–Trinajstić information content (AvgIpc) is 2.26. The number of rotatable bonds is 2. The van der Waals surface area contributed by atoms with E-state index in [1.807, 2.05) is 24.3 Å². The second-order valence-electron chi connectivity index (χ2n) is 3.49. The van der Waals surface area contributed by atoms with Crippen molar-refractivity contribution in [3.05, 3.63) is 35.4 Å². The first-order chi connectivity index (χ1) is 7.13. The van der Waals surface area contributed by atoms with Crippen LogP contribution in [0, 0.1) is 11.8 Å². The Morgan fingerprint density at radius 3 is 2.47 bits per heavy atom. The number of carboxylic acid groups (broad SMARTS) is 1. The molecule has 1 rings (SSSR count). The summed E-state index contributed by atoms with van der Waals surface area (Å²) < 4.78 is 0. The Bertz CT molecular complexity index is 393. The fourth-order valence-electron chi connectivity index (χ4n) is 1.26. The molecule has 0 aromatic heterocycles. The van der Waals surface area contributed by atoms with Gasteiger partial charge in [0.05, 0.1) is 0 Å². The molecule has 0 saturated carbocycles. The van der Waals surface area contributed by atoms with Crippen molar-refractivity contribution in [3.8, 4) is 11.8 Å². The topological polar surface area (TPSA) is 37.3 Å². The lowest BCUT2D eigenvalue weighted by Gasteiger charge is -2.07. The van der Waals surface area contributed by atoms with E-state index in [4.69, 9.17) is 5.11 Å². The molecule has 15 heavy (non-hydrogen) atoms. The number of carboxylic acids is 1. The Morgan fingerprint density at radius 2 is 2.00 bits per heavy atom. The molecular weight excluding hydrogens is 188 g/mol. The van der Waals surface area contributed by atoms with Gasteiger partial charge in [0.2, 0.25) is 0 Å². The first-order valence-corrected chi connectivity index (χ1v) is 4.98. The number of benzene rings is 1. The fraction of sp³-hybridized carbons (Fsp3) is 0.308. The van der Waals surface area contributed by atoms with E-state index in [0.717, 1.165) is 12.0 Å². The van der Waals surface area contributed by atoms with Crippen molar-refractivity contribution in [2.75, 3.05) is 0 Å². The zero-order chi connectivity index (χ0) is 11.3. The lowest BCUT2D eigenvalue weighted by atomic mass is 9.98. The number of hydrogen-bond donors (Lipinski definition) is 1. The molecular formula is C13H14O2. The van der Waals surface area contributed by atoms with Crippen LogP contribution in [-0.2, 0) is 4.79 Å². The maximum absolute atomic E-state index is 10.2. The molecule has 1 aromatic carbocycles. The van der Waals surface area contributed by atoms with Crippen molar-refractivity contribution in [3.63, 3.8) is 0 Å². The molecule has 1 aromatic rings. The third kappa shape index (κ3) is 3.47. The van der Waals surface area contributed by atoms with E-state index >= 15 is 0 Å². The van der Waals surface area contributed by atoms with Gasteiger partial charge in [0.15, 0.2) is 0 Å². The first kappa shape index (κ1) is 11.3. The van der Waals surface area contributed by atoms with Gasteiger partial charge in [-0.25, -0.2) is 4.79 Å². The van der Waals surface area contributed by atoms with E-state index in [9.17, 15) is 4.79 Å². The van der Waals surface area contributed by atoms with Gasteiger partial charge in [0.1, 0.15) is 0 Å². The number of carbonyl (C=O) groups is 1. The van der Waals surface area contributed by atoms with Crippen LogP contribution in [0.3, 0.4) is 0 Å². The molecule has 1 atom stereocenters. The van der Waals surface area contributed by atoms with Gasteiger partial charge in [0, 0.05) is 11.5 Å². The third-order valence-electron chi connectivity index (χ3n) is 2.41. The van der Waals surface area contributed by atoms with Gasteiger partial charge in [0.25, 0.3) is 0 Å². The van der Waals surface area contributed by atoms with E-state index < -0.39 is 5.97 Å². The van der Waals surface area contributed by atoms with Gasteiger partial charge >= 0.3 is 5.97 Å². The van der Waals surface area contributed by atoms with Crippen molar-refractivity contribution in [1.29, 1.82) is 0 Å². The third-order valence-corrected chi connectivity index (χ3v) is 2.41. The standard InChI is InChI=1S/C13H14O2/c1-3-10(2)12-7-4-11(5-8-12)6-9-13(14)15/h4-5,7-8,10H,3H2,1-2H3,(H,14,15). The Labute approximate surface area is 89.9 Å². The summed E-state index contributed by atoms with van der Waals surface area (Å²) in [6.45, 7) is 4.31. The summed E-state index contributed by atoms with van der Waals surface area (Å²) in [6.07, 6.45) is 1.10. The Morgan fingerprint density at radius 1 is 1.40 bits per heavy atom. The summed E-state index contributed by atoms with van der Waals surface area (Å²) in [7, 11) is 0. The Hall–Kier alpha value is -1.75. The molecule has 0 spiro atoms. The molecule has 2 heteroatoms. The van der Waals surface area contributed by atoms with Crippen molar-refractivity contribution in [2.24, 2.45) is 0 Å². The first-order valence-electron chi connectivity index (χ1n) is 4.98. The quantitative estimate of drug-likeness (QED) is 0.748. The number of hydrogen-bond acceptors (Lipinski definition) is 1. The summed E-state index contributed by atoms with van der Waals surface area (Å²) in [5.41, 5.74) is 2.00. The van der Waals surface area contributed by atoms with Crippen LogP contribution in [0.1, 0.15) is 37.3 Å². The van der Waals surface area contributed by atoms with E-state index in [2.05, 4.69) is 25.7 Å². The maximum Gasteiger partial charge on any atom is 0.382 e. The predicted octanol–water partition coefficient (Wildman–Crippen LogP) is 2.64. The normalized spacial score (nSPS) is 11.3. The largest absolute Gasteiger partial charge is 0.472 e. The van der Waals surface area contributed by atoms with Crippen molar-refractivity contribution >= 4 is 5.97 Å². The molecule has 0 fully saturated rings. The van der Waals surface area contributed by atoms with Gasteiger partial charge in [-0.05, 0) is 30.0 Å². The van der Waals surface area contributed by atoms with E-state index in [1.165, 1.54) is 5.56 Å². The Kier molecular flexibility index (Phi) is 3.93. The Balaban J connectivity index is 2.82. The molecule has 0 radical (unpaired) electrons. The lowest BCUT2D eigenvalue weighted by Crippen LogP contribution is -1.91. The van der Waals surface area contributed by atoms with Gasteiger partial charge in [-0.3, -0.25) is 0 Å². The minimum Gasteiger partial charge on any atom is -0.472 e.